The number of rotatable bonds is 39. The number of benzene rings is 12. The zero-order valence-corrected chi connectivity index (χ0v) is 81.9. The molecule has 136 heavy (non-hydrogen) atoms. The summed E-state index contributed by atoms with van der Waals surface area (Å²) in [5.41, 5.74) is 7.35. The molecule has 12 aromatic carbocycles. The number of aryl methyl sites for hydroxylation is 6. The van der Waals surface area contributed by atoms with Gasteiger partial charge in [-0.25, -0.2) is 4.39 Å². The van der Waals surface area contributed by atoms with Gasteiger partial charge in [-0.2, -0.15) is 0 Å². The molecule has 0 saturated carbocycles. The Bertz CT molecular complexity index is 6640. The van der Waals surface area contributed by atoms with Crippen LogP contribution in [0.25, 0.3) is 40.3 Å². The number of carbonyl (C=O) groups excluding carboxylic acids is 4. The van der Waals surface area contributed by atoms with Gasteiger partial charge >= 0.3 is 0 Å². The number of phenols is 4. The zero-order chi connectivity index (χ0) is 96.5. The highest BCUT2D eigenvalue weighted by molar-refractivity contribution is 7.22. The summed E-state index contributed by atoms with van der Waals surface area (Å²) in [5, 5.41) is 56.9. The first kappa shape index (κ1) is 101. The van der Waals surface area contributed by atoms with Gasteiger partial charge in [-0.05, 0) is 353 Å². The summed E-state index contributed by atoms with van der Waals surface area (Å²) in [6.07, 6.45) is 2.76. The fourth-order valence-electron chi connectivity index (χ4n) is 14.9. The van der Waals surface area contributed by atoms with E-state index in [1.165, 1.54) is 63.5 Å². The van der Waals surface area contributed by atoms with E-state index in [1.807, 2.05) is 138 Å². The van der Waals surface area contributed by atoms with Crippen LogP contribution in [0, 0.1) is 47.4 Å². The summed E-state index contributed by atoms with van der Waals surface area (Å²) in [4.78, 5) is 56.0. The number of thiophene rings is 4. The van der Waals surface area contributed by atoms with Gasteiger partial charge in [-0.3, -0.25) is 19.2 Å². The van der Waals surface area contributed by atoms with Gasteiger partial charge in [0, 0.05) is 79.2 Å². The standard InChI is InChI=1S/C28H29NO4S.2C27H26ClNO4S.C27H26FNO4S/c1-5-29-12-13-32-21-7-9-22(10-8-21)33-27-23-11-6-20(30)16-24(23)34-28(27)26(31)25-18(3)14-17(2)15-19(25)4;1-3-29-13-4-14-32-20-7-9-21(10-8-20)33-26-23-12-6-19(30)16-24(23)34-27(26)25(31)22-11-5-18(28)15-17(22)2;1-3-29-13-4-14-32-20-8-10-21(11-9-20)33-26-22-12-7-19(30)16-24(22)34-27(26)25(31)23-15-18(28)6-5-17(23)2;1-3-29-13-4-14-32-20-7-9-21(10-8-20)33-26-23-12-6-19(30)16-24(23)34-27(26)25(31)22-11-5-18(28)15-17(22)2/h6-11,14-16,29-30H,5,12-13H2,1-4H3;3*5-12,15-16,29-30H,3-4,13-14H2,1-2H3. The number of phenolic OH excluding ortho intramolecular Hbond substituents is 4. The van der Waals surface area contributed by atoms with Crippen molar-refractivity contribution < 1.29 is 81.9 Å². The smallest absolute Gasteiger partial charge is 0.207 e. The van der Waals surface area contributed by atoms with Crippen LogP contribution in [-0.4, -0.2) is 122 Å². The Kier molecular flexibility index (Phi) is 35.9. The van der Waals surface area contributed by atoms with Crippen LogP contribution < -0.4 is 59.2 Å². The number of hydrogen-bond acceptors (Lipinski definition) is 24. The predicted octanol–water partition coefficient (Wildman–Crippen LogP) is 26.9. The third-order valence-corrected chi connectivity index (χ3v) is 26.6. The molecular weight excluding hydrogens is 1840 g/mol. The molecule has 0 atom stereocenters. The zero-order valence-electron chi connectivity index (χ0n) is 77.1. The minimum atomic E-state index is -0.393. The molecule has 0 aliphatic carbocycles. The SMILES string of the molecule is CCNCCCOc1ccc(Oc2c(C(=O)c3cc(Cl)ccc3C)sc3cc(O)ccc23)cc1.CCNCCCOc1ccc(Oc2c(C(=O)c3ccc(Cl)cc3C)sc3cc(O)ccc23)cc1.CCNCCCOc1ccc(Oc2c(C(=O)c3ccc(F)cc3C)sc3cc(O)ccc23)cc1.CCNCCOc1ccc(Oc2c(C(=O)c3c(C)cc(C)cc3C)sc3cc(O)ccc23)cc1. The van der Waals surface area contributed by atoms with Crippen LogP contribution in [0.1, 0.15) is 141 Å². The fourth-order valence-corrected chi connectivity index (χ4v) is 19.7. The molecule has 16 rings (SSSR count). The molecule has 0 radical (unpaired) electrons. The summed E-state index contributed by atoms with van der Waals surface area (Å²) >= 11 is 17.4. The van der Waals surface area contributed by atoms with Crippen molar-refractivity contribution in [1.29, 1.82) is 0 Å². The molecule has 0 aliphatic rings. The van der Waals surface area contributed by atoms with Crippen molar-refractivity contribution in [2.45, 2.75) is 88.5 Å². The van der Waals surface area contributed by atoms with Gasteiger partial charge in [0.1, 0.15) is 101 Å². The van der Waals surface area contributed by atoms with Crippen LogP contribution in [0.2, 0.25) is 10.0 Å². The van der Waals surface area contributed by atoms with E-state index < -0.39 is 5.82 Å². The molecule has 0 spiro atoms. The van der Waals surface area contributed by atoms with E-state index in [9.17, 15) is 44.0 Å². The van der Waals surface area contributed by atoms with Crippen LogP contribution in [0.3, 0.4) is 0 Å². The van der Waals surface area contributed by atoms with Crippen LogP contribution in [-0.2, 0) is 0 Å². The molecular formula is C109H107Cl2FN4O16S4. The van der Waals surface area contributed by atoms with Gasteiger partial charge in [0.2, 0.25) is 23.1 Å². The minimum Gasteiger partial charge on any atom is -0.508 e. The molecule has 27 heteroatoms. The Morgan fingerprint density at radius 2 is 0.596 bits per heavy atom. The van der Waals surface area contributed by atoms with E-state index >= 15 is 0 Å². The number of ether oxygens (including phenoxy) is 8. The topological polar surface area (TPSA) is 271 Å². The number of ketones is 4. The summed E-state index contributed by atoms with van der Waals surface area (Å²) in [6, 6.07) is 67.9. The Hall–Kier alpha value is -12.9. The molecule has 0 saturated heterocycles. The number of likely N-dealkylation sites (N-methyl/N-ethyl adjacent to an activating group) is 1. The number of carbonyl (C=O) groups is 4. The van der Waals surface area contributed by atoms with Crippen molar-refractivity contribution >= 4 is 132 Å². The Balaban J connectivity index is 0.000000153. The summed E-state index contributed by atoms with van der Waals surface area (Å²) < 4.78 is 64.7. The van der Waals surface area contributed by atoms with Crippen molar-refractivity contribution in [1.82, 2.24) is 21.3 Å². The van der Waals surface area contributed by atoms with Crippen molar-refractivity contribution in [3.8, 4) is 92.0 Å². The lowest BCUT2D eigenvalue weighted by molar-refractivity contribution is 0.103. The highest BCUT2D eigenvalue weighted by Gasteiger charge is 2.30. The molecule has 4 heterocycles. The summed E-state index contributed by atoms with van der Waals surface area (Å²) in [6.45, 7) is 29.4. The van der Waals surface area contributed by atoms with E-state index in [1.54, 1.807) is 122 Å². The molecule has 4 aromatic heterocycles. The predicted molar refractivity (Wildman–Crippen MR) is 548 cm³/mol. The van der Waals surface area contributed by atoms with Gasteiger partial charge in [0.15, 0.2) is 23.0 Å². The molecule has 0 unspecified atom stereocenters. The molecule has 704 valence electrons. The molecule has 8 N–H and O–H groups in total. The number of aromatic hydroxyl groups is 4. The second kappa shape index (κ2) is 48.5. The molecule has 0 fully saturated rings. The quantitative estimate of drug-likeness (QED) is 0.0131. The first-order valence-corrected chi connectivity index (χ1v) is 48.8. The Morgan fingerprint density at radius 1 is 0.301 bits per heavy atom. The monoisotopic (exact) mass is 1940 g/mol. The second-order valence-electron chi connectivity index (χ2n) is 31.9. The Morgan fingerprint density at radius 3 is 0.934 bits per heavy atom. The highest BCUT2D eigenvalue weighted by atomic mass is 35.5. The van der Waals surface area contributed by atoms with Gasteiger partial charge in [0.05, 0.1) is 19.8 Å². The van der Waals surface area contributed by atoms with E-state index in [0.29, 0.717) is 130 Å². The fraction of sp³-hybridized carbons (Fsp3) is 0.229. The molecule has 0 amide bonds. The van der Waals surface area contributed by atoms with Crippen LogP contribution in [0.5, 0.6) is 92.0 Å². The third kappa shape index (κ3) is 26.4. The largest absolute Gasteiger partial charge is 0.508 e. The van der Waals surface area contributed by atoms with E-state index in [2.05, 4.69) is 49.0 Å². The van der Waals surface area contributed by atoms with Gasteiger partial charge < -0.3 is 79.6 Å². The van der Waals surface area contributed by atoms with Gasteiger partial charge in [0.25, 0.3) is 0 Å². The van der Waals surface area contributed by atoms with Crippen LogP contribution in [0.4, 0.5) is 4.39 Å². The Labute approximate surface area is 816 Å². The van der Waals surface area contributed by atoms with Crippen molar-refractivity contribution in [3.05, 3.63) is 328 Å². The van der Waals surface area contributed by atoms with Gasteiger partial charge in [-0.1, -0.05) is 74.7 Å². The lowest BCUT2D eigenvalue weighted by Gasteiger charge is -2.12. The first-order chi connectivity index (χ1) is 65.7. The third-order valence-electron chi connectivity index (χ3n) is 21.6. The molecule has 0 bridgehead atoms. The second-order valence-corrected chi connectivity index (χ2v) is 37.0. The number of halogens is 3. The van der Waals surface area contributed by atoms with Crippen molar-refractivity contribution in [3.63, 3.8) is 0 Å². The molecule has 20 nitrogen and oxygen atoms in total. The number of hydrogen-bond donors (Lipinski definition) is 8. The molecule has 16 aromatic rings. The number of nitrogens with one attached hydrogen (secondary N) is 4. The van der Waals surface area contributed by atoms with Gasteiger partial charge in [-0.15, -0.1) is 45.3 Å². The van der Waals surface area contributed by atoms with Crippen molar-refractivity contribution in [2.24, 2.45) is 0 Å². The maximum atomic E-state index is 13.7. The maximum absolute atomic E-state index is 13.7. The van der Waals surface area contributed by atoms with Crippen molar-refractivity contribution in [2.75, 3.05) is 78.8 Å². The summed E-state index contributed by atoms with van der Waals surface area (Å²) in [7, 11) is 0. The van der Waals surface area contributed by atoms with E-state index in [0.717, 1.165) is 163 Å². The lowest BCUT2D eigenvalue weighted by Crippen LogP contribution is -2.20. The summed E-state index contributed by atoms with van der Waals surface area (Å²) in [5.74, 6) is 6.69. The molecule has 0 aliphatic heterocycles. The van der Waals surface area contributed by atoms with Crippen LogP contribution >= 0.6 is 68.5 Å². The lowest BCUT2D eigenvalue weighted by atomic mass is 9.95. The van der Waals surface area contributed by atoms with Crippen LogP contribution in [0.15, 0.2) is 237 Å². The first-order valence-electron chi connectivity index (χ1n) is 44.8. The minimum absolute atomic E-state index is 0.0749. The van der Waals surface area contributed by atoms with E-state index in [-0.39, 0.29) is 46.1 Å². The average Bonchev–Trinajstić information content (AvgIpc) is 1.63. The number of fused-ring (bicyclic) bond motifs is 4. The normalized spacial score (nSPS) is 11.0. The highest BCUT2D eigenvalue weighted by Crippen LogP contribution is 2.49. The maximum Gasteiger partial charge on any atom is 0.207 e. The van der Waals surface area contributed by atoms with E-state index in [4.69, 9.17) is 61.1 Å². The average molecular weight is 1950 g/mol.